The number of aliphatic hydroxyl groups excluding tert-OH is 1. The largest absolute Gasteiger partial charge is 0.395 e. The van der Waals surface area contributed by atoms with Gasteiger partial charge in [0.15, 0.2) is 0 Å². The number of thioether (sulfide) groups is 1. The predicted molar refractivity (Wildman–Crippen MR) is 47.3 cm³/mol. The van der Waals surface area contributed by atoms with E-state index in [1.54, 1.807) is 11.8 Å². The molecule has 0 heterocycles. The van der Waals surface area contributed by atoms with Gasteiger partial charge in [0.2, 0.25) is 0 Å². The molecule has 0 amide bonds. The Morgan fingerprint density at radius 3 is 2.50 bits per heavy atom. The number of aliphatic hydroxyl groups is 1. The molecule has 0 aliphatic heterocycles. The van der Waals surface area contributed by atoms with Gasteiger partial charge in [-0.15, -0.1) is 0 Å². The van der Waals surface area contributed by atoms with E-state index < -0.39 is 0 Å². The molecule has 2 nitrogen and oxygen atoms in total. The van der Waals surface area contributed by atoms with Gasteiger partial charge in [-0.25, -0.2) is 0 Å². The van der Waals surface area contributed by atoms with Crippen molar-refractivity contribution in [2.45, 2.75) is 31.6 Å². The molecule has 0 aromatic carbocycles. The number of hydrogen-bond donors (Lipinski definition) is 2. The Hall–Kier alpha value is 0.270. The molecule has 0 aliphatic carbocycles. The van der Waals surface area contributed by atoms with Crippen molar-refractivity contribution in [2.24, 2.45) is 5.73 Å². The Morgan fingerprint density at radius 1 is 1.50 bits per heavy atom. The van der Waals surface area contributed by atoms with Gasteiger partial charge in [0, 0.05) is 11.3 Å². The molecule has 3 heteroatoms. The van der Waals surface area contributed by atoms with E-state index in [0.29, 0.717) is 11.3 Å². The lowest BCUT2D eigenvalue weighted by atomic mass is 10.3. The molecule has 0 rings (SSSR count). The molecule has 0 aliphatic rings. The van der Waals surface area contributed by atoms with Crippen LogP contribution in [0.2, 0.25) is 0 Å². The molecule has 0 fully saturated rings. The molecule has 10 heavy (non-hydrogen) atoms. The van der Waals surface area contributed by atoms with Crippen LogP contribution in [-0.4, -0.2) is 28.8 Å². The Balaban J connectivity index is 3.03. The minimum atomic E-state index is 0.267. The van der Waals surface area contributed by atoms with Gasteiger partial charge in [-0.05, 0) is 19.1 Å². The summed E-state index contributed by atoms with van der Waals surface area (Å²) < 4.78 is 0. The summed E-state index contributed by atoms with van der Waals surface area (Å²) in [7, 11) is 0. The van der Waals surface area contributed by atoms with E-state index in [1.165, 1.54) is 0 Å². The van der Waals surface area contributed by atoms with E-state index in [1.807, 2.05) is 13.8 Å². The highest BCUT2D eigenvalue weighted by Crippen LogP contribution is 2.10. The maximum absolute atomic E-state index is 8.65. The van der Waals surface area contributed by atoms with Crippen molar-refractivity contribution in [3.8, 4) is 0 Å². The predicted octanol–water partition coefficient (Wildman–Crippen LogP) is 0.838. The highest BCUT2D eigenvalue weighted by Gasteiger charge is 2.00. The molecule has 0 bridgehead atoms. The SMILES string of the molecule is CC(N)CCSC(C)CO. The maximum atomic E-state index is 8.65. The summed E-state index contributed by atoms with van der Waals surface area (Å²) in [5.41, 5.74) is 5.54. The fourth-order valence-corrected chi connectivity index (χ4v) is 1.52. The van der Waals surface area contributed by atoms with Crippen LogP contribution in [0, 0.1) is 0 Å². The fraction of sp³-hybridized carbons (Fsp3) is 1.00. The maximum Gasteiger partial charge on any atom is 0.0547 e. The van der Waals surface area contributed by atoms with Crippen molar-refractivity contribution in [1.82, 2.24) is 0 Å². The summed E-state index contributed by atoms with van der Waals surface area (Å²) >= 11 is 1.77. The third-order valence-corrected chi connectivity index (χ3v) is 2.42. The first-order valence-corrected chi connectivity index (χ1v) is 4.69. The highest BCUT2D eigenvalue weighted by molar-refractivity contribution is 7.99. The van der Waals surface area contributed by atoms with E-state index in [-0.39, 0.29) is 6.61 Å². The summed E-state index contributed by atoms with van der Waals surface area (Å²) in [5.74, 6) is 1.05. The zero-order chi connectivity index (χ0) is 7.98. The molecule has 0 saturated heterocycles. The van der Waals surface area contributed by atoms with Crippen molar-refractivity contribution in [2.75, 3.05) is 12.4 Å². The lowest BCUT2D eigenvalue weighted by Crippen LogP contribution is -2.16. The molecule has 3 N–H and O–H groups in total. The van der Waals surface area contributed by atoms with Crippen molar-refractivity contribution in [1.29, 1.82) is 0 Å². The average molecular weight is 163 g/mol. The second-order valence-electron chi connectivity index (χ2n) is 2.63. The fourth-order valence-electron chi connectivity index (χ4n) is 0.508. The van der Waals surface area contributed by atoms with Crippen LogP contribution in [0.3, 0.4) is 0 Å². The standard InChI is InChI=1S/C7H17NOS/c1-6(8)3-4-10-7(2)5-9/h6-7,9H,3-5,8H2,1-2H3. The smallest absolute Gasteiger partial charge is 0.0547 e. The number of rotatable bonds is 5. The Morgan fingerprint density at radius 2 is 2.10 bits per heavy atom. The Bertz CT molecular complexity index is 78.0. The van der Waals surface area contributed by atoms with Crippen LogP contribution in [0.4, 0.5) is 0 Å². The second-order valence-corrected chi connectivity index (χ2v) is 4.18. The second kappa shape index (κ2) is 6.01. The molecule has 62 valence electrons. The van der Waals surface area contributed by atoms with Crippen LogP contribution in [0.5, 0.6) is 0 Å². The van der Waals surface area contributed by atoms with Gasteiger partial charge in [0.05, 0.1) is 6.61 Å². The van der Waals surface area contributed by atoms with Crippen LogP contribution in [-0.2, 0) is 0 Å². The monoisotopic (exact) mass is 163 g/mol. The zero-order valence-corrected chi connectivity index (χ0v) is 7.53. The van der Waals surface area contributed by atoms with Crippen LogP contribution in [0.25, 0.3) is 0 Å². The molecule has 0 radical (unpaired) electrons. The van der Waals surface area contributed by atoms with E-state index in [2.05, 4.69) is 0 Å². The van der Waals surface area contributed by atoms with Gasteiger partial charge in [0.25, 0.3) is 0 Å². The lowest BCUT2D eigenvalue weighted by Gasteiger charge is -2.08. The summed E-state index contributed by atoms with van der Waals surface area (Å²) in [6.45, 7) is 4.29. The molecule has 0 saturated carbocycles. The first-order valence-electron chi connectivity index (χ1n) is 3.65. The summed E-state index contributed by atoms with van der Waals surface area (Å²) in [5, 5.41) is 9.01. The number of hydrogen-bond acceptors (Lipinski definition) is 3. The van der Waals surface area contributed by atoms with Crippen LogP contribution in [0.15, 0.2) is 0 Å². The topological polar surface area (TPSA) is 46.2 Å². The first kappa shape index (κ1) is 10.3. The third kappa shape index (κ3) is 6.39. The molecule has 0 aromatic heterocycles. The molecule has 2 unspecified atom stereocenters. The minimum absolute atomic E-state index is 0.267. The van der Waals surface area contributed by atoms with Crippen LogP contribution >= 0.6 is 11.8 Å². The van der Waals surface area contributed by atoms with Gasteiger partial charge in [-0.2, -0.15) is 11.8 Å². The summed E-state index contributed by atoms with van der Waals surface area (Å²) in [6.07, 6.45) is 1.04. The van der Waals surface area contributed by atoms with Gasteiger partial charge in [-0.1, -0.05) is 6.92 Å². The van der Waals surface area contributed by atoms with Crippen molar-refractivity contribution in [3.63, 3.8) is 0 Å². The molecular weight excluding hydrogens is 146 g/mol. The average Bonchev–Trinajstić information content (AvgIpc) is 1.87. The molecule has 0 spiro atoms. The van der Waals surface area contributed by atoms with Gasteiger partial charge in [0.1, 0.15) is 0 Å². The highest BCUT2D eigenvalue weighted by atomic mass is 32.2. The third-order valence-electron chi connectivity index (χ3n) is 1.23. The summed E-state index contributed by atoms with van der Waals surface area (Å²) in [6, 6.07) is 0.290. The normalized spacial score (nSPS) is 16.8. The molecule has 2 atom stereocenters. The Labute approximate surface area is 67.2 Å². The van der Waals surface area contributed by atoms with E-state index in [9.17, 15) is 0 Å². The first-order chi connectivity index (χ1) is 4.66. The van der Waals surface area contributed by atoms with Crippen molar-refractivity contribution in [3.05, 3.63) is 0 Å². The minimum Gasteiger partial charge on any atom is -0.395 e. The van der Waals surface area contributed by atoms with E-state index in [4.69, 9.17) is 10.8 Å². The Kier molecular flexibility index (Phi) is 6.17. The number of nitrogens with two attached hydrogens (primary N) is 1. The van der Waals surface area contributed by atoms with Gasteiger partial charge in [-0.3, -0.25) is 0 Å². The van der Waals surface area contributed by atoms with E-state index >= 15 is 0 Å². The lowest BCUT2D eigenvalue weighted by molar-refractivity contribution is 0.300. The van der Waals surface area contributed by atoms with Crippen molar-refractivity contribution < 1.29 is 5.11 Å². The van der Waals surface area contributed by atoms with Crippen molar-refractivity contribution >= 4 is 11.8 Å². The van der Waals surface area contributed by atoms with Crippen LogP contribution in [0.1, 0.15) is 20.3 Å². The molecular formula is C7H17NOS. The van der Waals surface area contributed by atoms with Gasteiger partial charge >= 0.3 is 0 Å². The quantitative estimate of drug-likeness (QED) is 0.631. The summed E-state index contributed by atoms with van der Waals surface area (Å²) in [4.78, 5) is 0. The molecule has 0 aromatic rings. The van der Waals surface area contributed by atoms with Crippen LogP contribution < -0.4 is 5.73 Å². The van der Waals surface area contributed by atoms with E-state index in [0.717, 1.165) is 12.2 Å². The van der Waals surface area contributed by atoms with Gasteiger partial charge < -0.3 is 10.8 Å². The zero-order valence-electron chi connectivity index (χ0n) is 6.71.